The number of hydrogen-bond donors (Lipinski definition) is 2. The van der Waals surface area contributed by atoms with E-state index in [1.165, 1.54) is 4.88 Å². The average Bonchev–Trinajstić information content (AvgIpc) is 3.50. The zero-order valence-corrected chi connectivity index (χ0v) is 17.7. The number of imidazole rings is 1. The van der Waals surface area contributed by atoms with Gasteiger partial charge >= 0.3 is 0 Å². The van der Waals surface area contributed by atoms with Crippen LogP contribution >= 0.6 is 11.3 Å². The van der Waals surface area contributed by atoms with Gasteiger partial charge in [-0.1, -0.05) is 0 Å². The standard InChI is InChI=1S/C23H17N7S/c1-12-5-7-24-10-15(12)17-9-14-18(11-26-17)29-30-20(14)23-27-16-6-8-25-22(21(16)28-23)19-4-3-13(2)31-19/h3-11H,1-2H3,(H,27,28)(H,29,30). The first kappa shape index (κ1) is 17.9. The first-order valence-electron chi connectivity index (χ1n) is 9.84. The van der Waals surface area contributed by atoms with Crippen LogP contribution in [0.1, 0.15) is 10.4 Å². The number of fused-ring (bicyclic) bond motifs is 2. The van der Waals surface area contributed by atoms with Gasteiger partial charge in [0.15, 0.2) is 5.82 Å². The lowest BCUT2D eigenvalue weighted by atomic mass is 10.1. The average molecular weight is 424 g/mol. The van der Waals surface area contributed by atoms with E-state index in [0.29, 0.717) is 5.82 Å². The highest BCUT2D eigenvalue weighted by molar-refractivity contribution is 7.15. The lowest BCUT2D eigenvalue weighted by Gasteiger charge is -2.04. The fraction of sp³-hybridized carbons (Fsp3) is 0.0870. The Balaban J connectivity index is 1.52. The maximum Gasteiger partial charge on any atom is 0.159 e. The maximum atomic E-state index is 4.88. The van der Waals surface area contributed by atoms with Gasteiger partial charge in [0.25, 0.3) is 0 Å². The fourth-order valence-corrected chi connectivity index (χ4v) is 4.63. The molecule has 0 saturated heterocycles. The molecule has 0 saturated carbocycles. The molecule has 0 fully saturated rings. The molecular formula is C23H17N7S. The molecule has 7 nitrogen and oxygen atoms in total. The molecule has 0 unspecified atom stereocenters. The van der Waals surface area contributed by atoms with Crippen molar-refractivity contribution in [1.29, 1.82) is 0 Å². The topological polar surface area (TPSA) is 96.0 Å². The van der Waals surface area contributed by atoms with Gasteiger partial charge in [-0.25, -0.2) is 4.98 Å². The number of rotatable bonds is 3. The van der Waals surface area contributed by atoms with Crippen molar-refractivity contribution in [2.24, 2.45) is 0 Å². The van der Waals surface area contributed by atoms with Crippen LogP contribution < -0.4 is 0 Å². The Morgan fingerprint density at radius 3 is 2.68 bits per heavy atom. The summed E-state index contributed by atoms with van der Waals surface area (Å²) in [6.45, 7) is 4.15. The van der Waals surface area contributed by atoms with E-state index in [4.69, 9.17) is 4.98 Å². The molecule has 0 aliphatic rings. The number of H-pyrrole nitrogens is 2. The Kier molecular flexibility index (Phi) is 3.94. The van der Waals surface area contributed by atoms with Gasteiger partial charge in [0.05, 0.1) is 27.8 Å². The summed E-state index contributed by atoms with van der Waals surface area (Å²) >= 11 is 1.71. The molecule has 6 aromatic heterocycles. The summed E-state index contributed by atoms with van der Waals surface area (Å²) in [5.41, 5.74) is 7.24. The van der Waals surface area contributed by atoms with Gasteiger partial charge in [-0.05, 0) is 49.7 Å². The molecule has 150 valence electrons. The van der Waals surface area contributed by atoms with Crippen LogP contribution in [0.4, 0.5) is 0 Å². The van der Waals surface area contributed by atoms with Crippen molar-refractivity contribution < 1.29 is 0 Å². The van der Waals surface area contributed by atoms with Crippen LogP contribution in [0, 0.1) is 13.8 Å². The molecule has 0 aromatic carbocycles. The van der Waals surface area contributed by atoms with Crippen molar-refractivity contribution in [2.45, 2.75) is 13.8 Å². The second kappa shape index (κ2) is 6.82. The van der Waals surface area contributed by atoms with Crippen LogP contribution in [0.15, 0.2) is 55.1 Å². The van der Waals surface area contributed by atoms with Gasteiger partial charge in [0.1, 0.15) is 16.9 Å². The van der Waals surface area contributed by atoms with Crippen molar-refractivity contribution in [3.05, 3.63) is 65.6 Å². The Bertz CT molecular complexity index is 1570. The number of thiophene rings is 1. The minimum absolute atomic E-state index is 0.698. The molecule has 0 atom stereocenters. The number of aryl methyl sites for hydroxylation is 2. The van der Waals surface area contributed by atoms with Crippen molar-refractivity contribution >= 4 is 33.3 Å². The minimum Gasteiger partial charge on any atom is -0.336 e. The molecule has 31 heavy (non-hydrogen) atoms. The highest BCUT2D eigenvalue weighted by Gasteiger charge is 2.17. The second-order valence-corrected chi connectivity index (χ2v) is 8.72. The van der Waals surface area contributed by atoms with E-state index in [-0.39, 0.29) is 0 Å². The van der Waals surface area contributed by atoms with Crippen LogP contribution in [0.2, 0.25) is 0 Å². The van der Waals surface area contributed by atoms with Gasteiger partial charge in [0.2, 0.25) is 0 Å². The van der Waals surface area contributed by atoms with E-state index in [1.807, 2.05) is 30.6 Å². The van der Waals surface area contributed by atoms with Gasteiger partial charge in [0, 0.05) is 34.4 Å². The monoisotopic (exact) mass is 423 g/mol. The molecule has 6 aromatic rings. The van der Waals surface area contributed by atoms with Gasteiger partial charge in [-0.15, -0.1) is 11.3 Å². The molecule has 6 rings (SSSR count). The Morgan fingerprint density at radius 1 is 0.903 bits per heavy atom. The van der Waals surface area contributed by atoms with Crippen molar-refractivity contribution in [1.82, 2.24) is 35.1 Å². The highest BCUT2D eigenvalue weighted by atomic mass is 32.1. The third-order valence-corrected chi connectivity index (χ3v) is 6.37. The molecular weight excluding hydrogens is 406 g/mol. The summed E-state index contributed by atoms with van der Waals surface area (Å²) in [5, 5.41) is 8.56. The normalized spacial score (nSPS) is 11.5. The molecule has 0 bridgehead atoms. The summed E-state index contributed by atoms with van der Waals surface area (Å²) in [5.74, 6) is 0.698. The summed E-state index contributed by atoms with van der Waals surface area (Å²) < 4.78 is 0. The number of aromatic amines is 2. The van der Waals surface area contributed by atoms with Crippen LogP contribution in [0.5, 0.6) is 0 Å². The Labute approximate surface area is 181 Å². The third kappa shape index (κ3) is 2.91. The van der Waals surface area contributed by atoms with Crippen LogP contribution in [-0.2, 0) is 0 Å². The van der Waals surface area contributed by atoms with E-state index >= 15 is 0 Å². The van der Waals surface area contributed by atoms with Gasteiger partial charge in [-0.2, -0.15) is 5.10 Å². The summed E-state index contributed by atoms with van der Waals surface area (Å²) in [6.07, 6.45) is 7.24. The first-order chi connectivity index (χ1) is 15.2. The van der Waals surface area contributed by atoms with E-state index in [0.717, 1.165) is 55.0 Å². The first-order valence-corrected chi connectivity index (χ1v) is 10.7. The van der Waals surface area contributed by atoms with E-state index in [1.54, 1.807) is 23.7 Å². The van der Waals surface area contributed by atoms with Crippen LogP contribution in [-0.4, -0.2) is 35.1 Å². The zero-order valence-electron chi connectivity index (χ0n) is 16.8. The minimum atomic E-state index is 0.698. The van der Waals surface area contributed by atoms with Gasteiger partial charge in [-0.3, -0.25) is 20.1 Å². The lowest BCUT2D eigenvalue weighted by molar-refractivity contribution is 1.10. The maximum absolute atomic E-state index is 4.88. The number of nitrogens with one attached hydrogen (secondary N) is 2. The van der Waals surface area contributed by atoms with Crippen molar-refractivity contribution in [3.63, 3.8) is 0 Å². The summed E-state index contributed by atoms with van der Waals surface area (Å²) in [6, 6.07) is 10.2. The molecule has 8 heteroatoms. The number of nitrogens with zero attached hydrogens (tertiary/aromatic N) is 5. The Hall–Kier alpha value is -3.91. The fourth-order valence-electron chi connectivity index (χ4n) is 3.77. The molecule has 2 N–H and O–H groups in total. The molecule has 0 spiro atoms. The molecule has 0 radical (unpaired) electrons. The smallest absolute Gasteiger partial charge is 0.159 e. The van der Waals surface area contributed by atoms with Crippen molar-refractivity contribution in [3.8, 4) is 33.3 Å². The summed E-state index contributed by atoms with van der Waals surface area (Å²) in [4.78, 5) is 24.1. The van der Waals surface area contributed by atoms with E-state index in [2.05, 4.69) is 56.1 Å². The van der Waals surface area contributed by atoms with Crippen molar-refractivity contribution in [2.75, 3.05) is 0 Å². The molecule has 0 amide bonds. The van der Waals surface area contributed by atoms with Crippen LogP contribution in [0.25, 0.3) is 55.3 Å². The predicted octanol–water partition coefficient (Wildman–Crippen LogP) is 5.30. The Morgan fingerprint density at radius 2 is 1.84 bits per heavy atom. The molecule has 0 aliphatic carbocycles. The number of hydrogen-bond acceptors (Lipinski definition) is 6. The highest BCUT2D eigenvalue weighted by Crippen LogP contribution is 2.34. The predicted molar refractivity (Wildman–Crippen MR) is 123 cm³/mol. The third-order valence-electron chi connectivity index (χ3n) is 5.36. The molecule has 6 heterocycles. The second-order valence-electron chi connectivity index (χ2n) is 7.43. The summed E-state index contributed by atoms with van der Waals surface area (Å²) in [7, 11) is 0. The molecule has 0 aliphatic heterocycles. The van der Waals surface area contributed by atoms with Gasteiger partial charge < -0.3 is 4.98 Å². The van der Waals surface area contributed by atoms with E-state index in [9.17, 15) is 0 Å². The zero-order chi connectivity index (χ0) is 20.9. The largest absolute Gasteiger partial charge is 0.336 e. The lowest BCUT2D eigenvalue weighted by Crippen LogP contribution is -1.89. The quantitative estimate of drug-likeness (QED) is 0.402. The number of aromatic nitrogens is 7. The van der Waals surface area contributed by atoms with Crippen LogP contribution in [0.3, 0.4) is 0 Å². The SMILES string of the molecule is Cc1ccc(-c2nccc3[nH]c(-c4n[nH]c5cnc(-c6cnccc6C)cc45)nc23)s1. The van der Waals surface area contributed by atoms with E-state index < -0.39 is 0 Å². The number of pyridine rings is 3.